The maximum Gasteiger partial charge on any atom is 0.222 e. The molecule has 0 amide bonds. The molecule has 3 saturated carbocycles. The molecule has 42 heavy (non-hydrogen) atoms. The minimum absolute atomic E-state index is 0.0139. The van der Waals surface area contributed by atoms with E-state index in [4.69, 9.17) is 4.42 Å². The molecule has 1 aromatic heterocycles. The number of rotatable bonds is 7. The third kappa shape index (κ3) is 4.93. The van der Waals surface area contributed by atoms with Crippen LogP contribution in [0.5, 0.6) is 0 Å². The molecule has 6 heteroatoms. The number of Topliss-reactive ketones (excluding diaryl/α,β-unsaturated/α-hetero) is 1. The van der Waals surface area contributed by atoms with Gasteiger partial charge in [-0.15, -0.1) is 10.2 Å². The third-order valence-corrected chi connectivity index (χ3v) is 12.5. The van der Waals surface area contributed by atoms with Crippen LogP contribution < -0.4 is 0 Å². The van der Waals surface area contributed by atoms with E-state index in [1.165, 1.54) is 0 Å². The molecule has 0 unspecified atom stereocenters. The lowest BCUT2D eigenvalue weighted by Gasteiger charge is -2.61. The summed E-state index contributed by atoms with van der Waals surface area (Å²) in [5.74, 6) is 2.03. The van der Waals surface area contributed by atoms with Gasteiger partial charge in [0.2, 0.25) is 11.8 Å². The quantitative estimate of drug-likeness (QED) is 0.303. The lowest BCUT2D eigenvalue weighted by atomic mass is 9.42. The first-order valence-corrected chi connectivity index (χ1v) is 16.2. The zero-order valence-corrected chi connectivity index (χ0v) is 27.4. The molecule has 0 N–H and O–H groups in total. The highest BCUT2D eigenvalue weighted by atomic mass is 16.4. The highest BCUT2D eigenvalue weighted by Gasteiger charge is 2.61. The molecule has 3 fully saturated rings. The molecular formula is C36H51N3O3. The van der Waals surface area contributed by atoms with E-state index >= 15 is 0 Å². The summed E-state index contributed by atoms with van der Waals surface area (Å²) in [7, 11) is 0. The van der Waals surface area contributed by atoms with Crippen LogP contribution in [-0.2, 0) is 15.0 Å². The second kappa shape index (κ2) is 10.00. The molecule has 0 radical (unpaired) electrons. The van der Waals surface area contributed by atoms with E-state index in [-0.39, 0.29) is 39.3 Å². The molecule has 4 aliphatic rings. The Bertz CT molecular complexity index is 1370. The van der Waals surface area contributed by atoms with Crippen LogP contribution in [0, 0.1) is 44.3 Å². The number of nitriles is 1. The van der Waals surface area contributed by atoms with Crippen LogP contribution in [0.1, 0.15) is 144 Å². The SMILES string of the molecule is CC(=O)/C=C1/[C@@]2(C)C=C(C#N)C(=O)C(C)(C)[C@@H]2CC[C@@]1(C)C(C)(C)CCC1(c2nnc(C3CC3)o2)CCC(C)(C)CC1. The van der Waals surface area contributed by atoms with E-state index in [0.717, 1.165) is 81.6 Å². The van der Waals surface area contributed by atoms with Gasteiger partial charge in [-0.2, -0.15) is 5.26 Å². The monoisotopic (exact) mass is 573 g/mol. The minimum Gasteiger partial charge on any atom is -0.424 e. The predicted molar refractivity (Wildman–Crippen MR) is 163 cm³/mol. The Kier molecular flexibility index (Phi) is 7.35. The van der Waals surface area contributed by atoms with Crippen molar-refractivity contribution in [3.8, 4) is 6.07 Å². The van der Waals surface area contributed by atoms with Crippen molar-refractivity contribution >= 4 is 11.6 Å². The Morgan fingerprint density at radius 1 is 1.05 bits per heavy atom. The lowest BCUT2D eigenvalue weighted by molar-refractivity contribution is -0.131. The summed E-state index contributed by atoms with van der Waals surface area (Å²) in [6, 6.07) is 2.20. The van der Waals surface area contributed by atoms with Gasteiger partial charge in [0.25, 0.3) is 0 Å². The number of carbonyl (C=O) groups excluding carboxylic acids is 2. The maximum absolute atomic E-state index is 13.3. The van der Waals surface area contributed by atoms with Gasteiger partial charge >= 0.3 is 0 Å². The number of ketones is 2. The van der Waals surface area contributed by atoms with E-state index < -0.39 is 10.8 Å². The number of allylic oxidation sites excluding steroid dienone is 4. The van der Waals surface area contributed by atoms with Crippen molar-refractivity contribution in [2.45, 2.75) is 138 Å². The van der Waals surface area contributed by atoms with Gasteiger partial charge in [-0.25, -0.2) is 0 Å². The van der Waals surface area contributed by atoms with Crippen molar-refractivity contribution in [3.63, 3.8) is 0 Å². The second-order valence-electron chi connectivity index (χ2n) is 16.6. The second-order valence-corrected chi connectivity index (χ2v) is 16.6. The molecule has 3 atom stereocenters. The van der Waals surface area contributed by atoms with Crippen molar-refractivity contribution < 1.29 is 14.0 Å². The largest absolute Gasteiger partial charge is 0.424 e. The van der Waals surface area contributed by atoms with Crippen LogP contribution in [0.25, 0.3) is 0 Å². The van der Waals surface area contributed by atoms with E-state index in [2.05, 4.69) is 57.8 Å². The van der Waals surface area contributed by atoms with Gasteiger partial charge < -0.3 is 4.42 Å². The summed E-state index contributed by atoms with van der Waals surface area (Å²) in [6.07, 6.45) is 14.0. The van der Waals surface area contributed by atoms with Crippen LogP contribution in [0.15, 0.2) is 27.7 Å². The topological polar surface area (TPSA) is 96.8 Å². The van der Waals surface area contributed by atoms with Gasteiger partial charge in [-0.3, -0.25) is 9.59 Å². The first-order valence-electron chi connectivity index (χ1n) is 16.2. The van der Waals surface area contributed by atoms with Crippen LogP contribution in [-0.4, -0.2) is 21.8 Å². The summed E-state index contributed by atoms with van der Waals surface area (Å²) >= 11 is 0. The Hall–Kier alpha value is -2.55. The summed E-state index contributed by atoms with van der Waals surface area (Å²) in [6.45, 7) is 19.5. The Balaban J connectivity index is 1.52. The normalized spacial score (nSPS) is 33.0. The van der Waals surface area contributed by atoms with Crippen molar-refractivity contribution in [1.29, 1.82) is 5.26 Å². The van der Waals surface area contributed by atoms with Gasteiger partial charge in [-0.05, 0) is 99.4 Å². The maximum atomic E-state index is 13.3. The van der Waals surface area contributed by atoms with E-state index in [0.29, 0.717) is 11.3 Å². The third-order valence-electron chi connectivity index (χ3n) is 12.5. The Labute approximate surface area is 252 Å². The van der Waals surface area contributed by atoms with Gasteiger partial charge in [0, 0.05) is 22.2 Å². The van der Waals surface area contributed by atoms with Gasteiger partial charge in [0.15, 0.2) is 11.6 Å². The molecule has 0 saturated heterocycles. The van der Waals surface area contributed by atoms with Crippen molar-refractivity contribution in [2.75, 3.05) is 0 Å². The number of nitrogens with zero attached hydrogens (tertiary/aromatic N) is 3. The van der Waals surface area contributed by atoms with E-state index in [9.17, 15) is 14.9 Å². The van der Waals surface area contributed by atoms with Gasteiger partial charge in [0.05, 0.1) is 5.57 Å². The van der Waals surface area contributed by atoms with E-state index in [1.54, 1.807) is 6.92 Å². The molecule has 6 nitrogen and oxygen atoms in total. The predicted octanol–water partition coefficient (Wildman–Crippen LogP) is 8.59. The molecule has 5 rings (SSSR count). The zero-order valence-electron chi connectivity index (χ0n) is 27.4. The summed E-state index contributed by atoms with van der Waals surface area (Å²) < 4.78 is 6.42. The van der Waals surface area contributed by atoms with Crippen molar-refractivity contribution in [1.82, 2.24) is 10.2 Å². The number of fused-ring (bicyclic) bond motifs is 1. The molecule has 0 spiro atoms. The molecule has 4 aliphatic carbocycles. The fraction of sp³-hybridized carbons (Fsp3) is 0.750. The van der Waals surface area contributed by atoms with Crippen molar-refractivity contribution in [2.24, 2.45) is 33.0 Å². The summed E-state index contributed by atoms with van der Waals surface area (Å²) in [5, 5.41) is 19.1. The molecule has 1 heterocycles. The van der Waals surface area contributed by atoms with Crippen molar-refractivity contribution in [3.05, 3.63) is 35.1 Å². The zero-order chi connectivity index (χ0) is 30.9. The number of carbonyl (C=O) groups is 2. The van der Waals surface area contributed by atoms with Gasteiger partial charge in [-0.1, -0.05) is 67.0 Å². The minimum atomic E-state index is -0.675. The summed E-state index contributed by atoms with van der Waals surface area (Å²) in [5.41, 5.74) is -0.240. The van der Waals surface area contributed by atoms with Crippen LogP contribution in [0.2, 0.25) is 0 Å². The van der Waals surface area contributed by atoms with Crippen LogP contribution in [0.4, 0.5) is 0 Å². The smallest absolute Gasteiger partial charge is 0.222 e. The highest BCUT2D eigenvalue weighted by Crippen LogP contribution is 2.67. The number of hydrogen-bond donors (Lipinski definition) is 0. The number of aromatic nitrogens is 2. The molecule has 1 aromatic rings. The first-order chi connectivity index (χ1) is 19.4. The Morgan fingerprint density at radius 2 is 1.69 bits per heavy atom. The molecule has 0 aromatic carbocycles. The van der Waals surface area contributed by atoms with Gasteiger partial charge in [0.1, 0.15) is 6.07 Å². The first kappa shape index (κ1) is 30.9. The average molecular weight is 574 g/mol. The molecular weight excluding hydrogens is 522 g/mol. The van der Waals surface area contributed by atoms with Crippen LogP contribution >= 0.6 is 0 Å². The lowest BCUT2D eigenvalue weighted by Crippen LogP contribution is -2.55. The molecule has 0 bridgehead atoms. The molecule has 228 valence electrons. The van der Waals surface area contributed by atoms with E-state index in [1.807, 2.05) is 26.0 Å². The average Bonchev–Trinajstić information content (AvgIpc) is 3.64. The highest BCUT2D eigenvalue weighted by molar-refractivity contribution is 6.04. The summed E-state index contributed by atoms with van der Waals surface area (Å²) in [4.78, 5) is 26.1. The number of hydrogen-bond acceptors (Lipinski definition) is 6. The molecule has 0 aliphatic heterocycles. The fourth-order valence-corrected chi connectivity index (χ4v) is 8.86. The van der Waals surface area contributed by atoms with Crippen LogP contribution in [0.3, 0.4) is 0 Å². The Morgan fingerprint density at radius 3 is 2.26 bits per heavy atom. The fourth-order valence-electron chi connectivity index (χ4n) is 8.86. The standard InChI is InChI=1S/C36H51N3O3/c1-23(40)20-27-34(8)21-25(22-37)28(41)33(6,7)26(34)12-13-35(27,9)32(4,5)16-19-36(17-14-31(2,3)15-18-36)30-39-38-29(42-30)24-10-11-24/h20-21,24,26H,10-19H2,1-9H3/b27-20-/t26-,34-,35+/m0/s1.